The maximum Gasteiger partial charge on any atom is 0.501 e. The average molecular weight is 431 g/mol. The first-order valence-electron chi connectivity index (χ1n) is 5.87. The van der Waals surface area contributed by atoms with Gasteiger partial charge in [0.05, 0.1) is 9.37 Å². The second kappa shape index (κ2) is 6.37. The van der Waals surface area contributed by atoms with Crippen molar-refractivity contribution in [3.8, 4) is 11.5 Å². The number of alkyl halides is 3. The van der Waals surface area contributed by atoms with Crippen molar-refractivity contribution in [2.45, 2.75) is 10.4 Å². The van der Waals surface area contributed by atoms with Crippen LogP contribution in [0.4, 0.5) is 17.6 Å². The number of halogens is 5. The summed E-state index contributed by atoms with van der Waals surface area (Å²) in [4.78, 5) is -0.941. The third-order valence-corrected chi connectivity index (χ3v) is 5.29. The third-order valence-electron chi connectivity index (χ3n) is 2.73. The highest BCUT2D eigenvalue weighted by atomic mass is 79.9. The standard InChI is InChI=1S/C13H8BrF4O3PS/c14-8-6-7(23(19,20)13(16,17)18)4-5-10(8)21-12-9(15)2-1-3-11(12)22/h1-6H,22H2. The van der Waals surface area contributed by atoms with Gasteiger partial charge in [0.2, 0.25) is 0 Å². The van der Waals surface area contributed by atoms with E-state index in [1.54, 1.807) is 6.07 Å². The van der Waals surface area contributed by atoms with Crippen LogP contribution in [0.25, 0.3) is 0 Å². The predicted octanol–water partition coefficient (Wildman–Crippen LogP) is 4.17. The lowest BCUT2D eigenvalue weighted by atomic mass is 10.3. The van der Waals surface area contributed by atoms with Crippen LogP contribution in [0.15, 0.2) is 45.8 Å². The number of hydrogen-bond donors (Lipinski definition) is 0. The summed E-state index contributed by atoms with van der Waals surface area (Å²) in [6, 6.07) is 6.67. The molecule has 0 aliphatic carbocycles. The van der Waals surface area contributed by atoms with Gasteiger partial charge in [-0.1, -0.05) is 12.1 Å². The molecule has 1 atom stereocenters. The Labute approximate surface area is 139 Å². The number of hydrogen-bond acceptors (Lipinski definition) is 3. The Morgan fingerprint density at radius 2 is 1.78 bits per heavy atom. The zero-order valence-corrected chi connectivity index (χ0v) is 14.6. The molecule has 0 saturated carbocycles. The second-order valence-electron chi connectivity index (χ2n) is 4.30. The Morgan fingerprint density at radius 1 is 1.13 bits per heavy atom. The molecular formula is C13H8BrF4O3PS. The van der Waals surface area contributed by atoms with Gasteiger partial charge >= 0.3 is 5.51 Å². The maximum absolute atomic E-state index is 13.7. The van der Waals surface area contributed by atoms with Crippen LogP contribution >= 0.6 is 25.2 Å². The zero-order valence-electron chi connectivity index (χ0n) is 11.1. The van der Waals surface area contributed by atoms with E-state index < -0.39 is 26.1 Å². The Bertz CT molecular complexity index is 833. The van der Waals surface area contributed by atoms with E-state index in [1.807, 2.05) is 0 Å². The molecule has 10 heteroatoms. The SMILES string of the molecule is O=S(=O)(c1ccc(Oc2c(F)cccc2P)c(Br)c1)C(F)(F)F. The predicted molar refractivity (Wildman–Crippen MR) is 83.2 cm³/mol. The molecule has 2 aromatic carbocycles. The van der Waals surface area contributed by atoms with E-state index in [2.05, 4.69) is 25.2 Å². The summed E-state index contributed by atoms with van der Waals surface area (Å²) in [5.41, 5.74) is -5.41. The smallest absolute Gasteiger partial charge is 0.452 e. The highest BCUT2D eigenvalue weighted by molar-refractivity contribution is 9.10. The van der Waals surface area contributed by atoms with E-state index in [0.29, 0.717) is 5.30 Å². The molecule has 124 valence electrons. The van der Waals surface area contributed by atoms with Gasteiger partial charge in [0.25, 0.3) is 9.84 Å². The number of benzene rings is 2. The minimum absolute atomic E-state index is 0.0278. The number of sulfone groups is 1. The third kappa shape index (κ3) is 3.67. The molecule has 3 nitrogen and oxygen atoms in total. The zero-order chi connectivity index (χ0) is 17.4. The summed E-state index contributed by atoms with van der Waals surface area (Å²) >= 11 is 2.93. The van der Waals surface area contributed by atoms with E-state index in [9.17, 15) is 26.0 Å². The monoisotopic (exact) mass is 430 g/mol. The summed E-state index contributed by atoms with van der Waals surface area (Å²) in [5.74, 6) is -0.832. The van der Waals surface area contributed by atoms with Crippen LogP contribution in [0.2, 0.25) is 0 Å². The first-order valence-corrected chi connectivity index (χ1v) is 8.72. The van der Waals surface area contributed by atoms with Crippen LogP contribution in [0, 0.1) is 5.82 Å². The number of ether oxygens (including phenoxy) is 1. The molecule has 0 radical (unpaired) electrons. The Kier molecular flexibility index (Phi) is 5.03. The van der Waals surface area contributed by atoms with Gasteiger partial charge in [-0.05, 0) is 40.2 Å². The van der Waals surface area contributed by atoms with E-state index in [-0.39, 0.29) is 16.0 Å². The molecule has 0 aromatic heterocycles. The largest absolute Gasteiger partial charge is 0.501 e. The van der Waals surface area contributed by atoms with Crippen molar-refractivity contribution in [3.05, 3.63) is 46.7 Å². The maximum atomic E-state index is 13.7. The van der Waals surface area contributed by atoms with E-state index >= 15 is 0 Å². The summed E-state index contributed by atoms with van der Waals surface area (Å²) < 4.78 is 79.2. The quantitative estimate of drug-likeness (QED) is 0.542. The van der Waals surface area contributed by atoms with Crippen molar-refractivity contribution in [1.82, 2.24) is 0 Å². The van der Waals surface area contributed by atoms with Crippen LogP contribution in [0.1, 0.15) is 0 Å². The lowest BCUT2D eigenvalue weighted by Crippen LogP contribution is -2.23. The minimum Gasteiger partial charge on any atom is -0.452 e. The molecule has 0 saturated heterocycles. The number of rotatable bonds is 3. The molecule has 2 aromatic rings. The highest BCUT2D eigenvalue weighted by Gasteiger charge is 2.47. The molecule has 1 unspecified atom stereocenters. The molecule has 0 spiro atoms. The van der Waals surface area contributed by atoms with Gasteiger partial charge in [0.15, 0.2) is 11.6 Å². The Morgan fingerprint density at radius 3 is 2.30 bits per heavy atom. The molecule has 0 aliphatic rings. The molecule has 0 heterocycles. The van der Waals surface area contributed by atoms with Gasteiger partial charge in [0.1, 0.15) is 5.75 Å². The van der Waals surface area contributed by atoms with Crippen molar-refractivity contribution in [2.75, 3.05) is 0 Å². The summed E-state index contributed by atoms with van der Waals surface area (Å²) in [6.45, 7) is 0. The van der Waals surface area contributed by atoms with Crippen LogP contribution in [0.3, 0.4) is 0 Å². The van der Waals surface area contributed by atoms with E-state index in [0.717, 1.165) is 24.3 Å². The second-order valence-corrected chi connectivity index (χ2v) is 7.72. The minimum atomic E-state index is -5.47. The molecule has 0 bridgehead atoms. The van der Waals surface area contributed by atoms with Gasteiger partial charge in [-0.2, -0.15) is 13.2 Å². The Hall–Kier alpha value is -1.18. The van der Waals surface area contributed by atoms with Crippen LogP contribution in [-0.4, -0.2) is 13.9 Å². The van der Waals surface area contributed by atoms with Gasteiger partial charge in [-0.25, -0.2) is 12.8 Å². The van der Waals surface area contributed by atoms with Gasteiger partial charge < -0.3 is 4.74 Å². The molecular weight excluding hydrogens is 423 g/mol. The first-order chi connectivity index (χ1) is 10.5. The fraction of sp³-hybridized carbons (Fsp3) is 0.0769. The van der Waals surface area contributed by atoms with Crippen LogP contribution < -0.4 is 10.0 Å². The lowest BCUT2D eigenvalue weighted by Gasteiger charge is -2.13. The van der Waals surface area contributed by atoms with Gasteiger partial charge in [0, 0.05) is 5.30 Å². The van der Waals surface area contributed by atoms with Crippen LogP contribution in [-0.2, 0) is 9.84 Å². The van der Waals surface area contributed by atoms with Crippen molar-refractivity contribution >= 4 is 40.3 Å². The Balaban J connectivity index is 2.42. The van der Waals surface area contributed by atoms with Crippen molar-refractivity contribution in [3.63, 3.8) is 0 Å². The average Bonchev–Trinajstić information content (AvgIpc) is 2.43. The van der Waals surface area contributed by atoms with Gasteiger partial charge in [-0.15, -0.1) is 9.24 Å². The molecule has 0 amide bonds. The van der Waals surface area contributed by atoms with Gasteiger partial charge in [-0.3, -0.25) is 0 Å². The molecule has 2 rings (SSSR count). The van der Waals surface area contributed by atoms with Crippen LogP contribution in [0.5, 0.6) is 11.5 Å². The van der Waals surface area contributed by atoms with Crippen molar-refractivity contribution in [2.24, 2.45) is 0 Å². The molecule has 23 heavy (non-hydrogen) atoms. The van der Waals surface area contributed by atoms with Crippen molar-refractivity contribution < 1.29 is 30.7 Å². The molecule has 0 aliphatic heterocycles. The summed E-state index contributed by atoms with van der Waals surface area (Å²) in [7, 11) is -3.22. The highest BCUT2D eigenvalue weighted by Crippen LogP contribution is 2.36. The van der Waals surface area contributed by atoms with E-state index in [4.69, 9.17) is 4.74 Å². The first kappa shape index (κ1) is 18.2. The molecule has 0 N–H and O–H groups in total. The fourth-order valence-corrected chi connectivity index (χ4v) is 3.31. The molecule has 0 fully saturated rings. The topological polar surface area (TPSA) is 43.4 Å². The normalized spacial score (nSPS) is 12.3. The summed E-state index contributed by atoms with van der Waals surface area (Å²) in [5, 5.41) is 0.392. The lowest BCUT2D eigenvalue weighted by molar-refractivity contribution is -0.0436. The summed E-state index contributed by atoms with van der Waals surface area (Å²) in [6.07, 6.45) is 0. The van der Waals surface area contributed by atoms with Crippen molar-refractivity contribution in [1.29, 1.82) is 0 Å². The fourth-order valence-electron chi connectivity index (χ4n) is 1.61. The van der Waals surface area contributed by atoms with E-state index in [1.165, 1.54) is 6.07 Å². The number of para-hydroxylation sites is 1.